The molecule has 2 heterocycles. The largest absolute Gasteiger partial charge is 0.375 e. The Morgan fingerprint density at radius 1 is 1.53 bits per heavy atom. The number of nitrogen functional groups attached to an aromatic ring is 1. The van der Waals surface area contributed by atoms with E-state index in [1.807, 2.05) is 34.5 Å². The van der Waals surface area contributed by atoms with Crippen molar-refractivity contribution in [2.24, 2.45) is 0 Å². The maximum atomic E-state index is 12.2. The molecule has 2 aromatic heterocycles. The molecule has 0 unspecified atom stereocenters. The standard InChI is InChI=1S/C13H18N4OS/c1-2-5-11(17-6-3-4-7-17)12(18)15-8-10-9-19-13(14)16-10/h3-4,6-7,9,11H,2,5,8H2,1H3,(H2,14,16)(H,15,18)/t11-/m0/s1. The maximum Gasteiger partial charge on any atom is 0.243 e. The van der Waals surface area contributed by atoms with Crippen molar-refractivity contribution in [1.82, 2.24) is 14.9 Å². The average molecular weight is 278 g/mol. The highest BCUT2D eigenvalue weighted by molar-refractivity contribution is 7.13. The number of carbonyl (C=O) groups is 1. The third-order valence-corrected chi connectivity index (χ3v) is 3.59. The summed E-state index contributed by atoms with van der Waals surface area (Å²) in [4.78, 5) is 16.3. The fourth-order valence-corrected chi connectivity index (χ4v) is 2.51. The molecule has 0 aliphatic carbocycles. The molecule has 0 spiro atoms. The monoisotopic (exact) mass is 278 g/mol. The molecule has 5 nitrogen and oxygen atoms in total. The van der Waals surface area contributed by atoms with Crippen molar-refractivity contribution < 1.29 is 4.79 Å². The van der Waals surface area contributed by atoms with Crippen LogP contribution in [0, 0.1) is 0 Å². The Balaban J connectivity index is 1.96. The Hall–Kier alpha value is -1.82. The van der Waals surface area contributed by atoms with Crippen LogP contribution in [0.1, 0.15) is 31.5 Å². The molecule has 2 aromatic rings. The highest BCUT2D eigenvalue weighted by atomic mass is 32.1. The maximum absolute atomic E-state index is 12.2. The molecule has 0 aliphatic rings. The quantitative estimate of drug-likeness (QED) is 0.850. The van der Waals surface area contributed by atoms with Gasteiger partial charge in [0.1, 0.15) is 6.04 Å². The fraction of sp³-hybridized carbons (Fsp3) is 0.385. The summed E-state index contributed by atoms with van der Waals surface area (Å²) >= 11 is 1.38. The molecular weight excluding hydrogens is 260 g/mol. The third-order valence-electron chi connectivity index (χ3n) is 2.87. The minimum atomic E-state index is -0.156. The molecule has 1 amide bonds. The number of hydrogen-bond donors (Lipinski definition) is 2. The number of nitrogens with zero attached hydrogens (tertiary/aromatic N) is 2. The van der Waals surface area contributed by atoms with Crippen molar-refractivity contribution in [2.45, 2.75) is 32.4 Å². The number of thiazole rings is 1. The second-order valence-corrected chi connectivity index (χ2v) is 5.22. The molecule has 0 aliphatic heterocycles. The minimum absolute atomic E-state index is 0.0182. The predicted molar refractivity (Wildman–Crippen MR) is 76.8 cm³/mol. The van der Waals surface area contributed by atoms with Crippen molar-refractivity contribution in [3.8, 4) is 0 Å². The molecule has 0 bridgehead atoms. The van der Waals surface area contributed by atoms with E-state index >= 15 is 0 Å². The summed E-state index contributed by atoms with van der Waals surface area (Å²) in [7, 11) is 0. The van der Waals surface area contributed by atoms with Crippen molar-refractivity contribution in [3.63, 3.8) is 0 Å². The van der Waals surface area contributed by atoms with E-state index < -0.39 is 0 Å². The molecule has 0 saturated heterocycles. The first-order valence-corrected chi connectivity index (χ1v) is 7.18. The van der Waals surface area contributed by atoms with Gasteiger partial charge in [0.15, 0.2) is 5.13 Å². The normalized spacial score (nSPS) is 12.3. The number of nitrogens with one attached hydrogen (secondary N) is 1. The van der Waals surface area contributed by atoms with Gasteiger partial charge in [-0.2, -0.15) is 0 Å². The molecule has 0 radical (unpaired) electrons. The van der Waals surface area contributed by atoms with E-state index in [2.05, 4.69) is 17.2 Å². The summed E-state index contributed by atoms with van der Waals surface area (Å²) in [6.45, 7) is 2.50. The summed E-state index contributed by atoms with van der Waals surface area (Å²) in [5.41, 5.74) is 6.36. The van der Waals surface area contributed by atoms with Crippen LogP contribution in [0.2, 0.25) is 0 Å². The Labute approximate surface area is 116 Å². The zero-order valence-corrected chi connectivity index (χ0v) is 11.7. The fourth-order valence-electron chi connectivity index (χ4n) is 1.94. The summed E-state index contributed by atoms with van der Waals surface area (Å²) < 4.78 is 1.94. The number of hydrogen-bond acceptors (Lipinski definition) is 4. The van der Waals surface area contributed by atoms with Crippen LogP contribution < -0.4 is 11.1 Å². The van der Waals surface area contributed by atoms with Gasteiger partial charge in [-0.05, 0) is 18.6 Å². The smallest absolute Gasteiger partial charge is 0.243 e. The zero-order valence-electron chi connectivity index (χ0n) is 10.9. The van der Waals surface area contributed by atoms with Crippen LogP contribution in [0.3, 0.4) is 0 Å². The average Bonchev–Trinajstić information content (AvgIpc) is 3.04. The zero-order chi connectivity index (χ0) is 13.7. The lowest BCUT2D eigenvalue weighted by atomic mass is 10.1. The van der Waals surface area contributed by atoms with E-state index in [0.717, 1.165) is 18.5 Å². The van der Waals surface area contributed by atoms with E-state index in [9.17, 15) is 4.79 Å². The van der Waals surface area contributed by atoms with E-state index in [-0.39, 0.29) is 11.9 Å². The van der Waals surface area contributed by atoms with Gasteiger partial charge < -0.3 is 15.6 Å². The van der Waals surface area contributed by atoms with Gasteiger partial charge >= 0.3 is 0 Å². The number of aromatic nitrogens is 2. The predicted octanol–water partition coefficient (Wildman–Crippen LogP) is 2.18. The summed E-state index contributed by atoms with van der Waals surface area (Å²) in [6, 6.07) is 3.70. The topological polar surface area (TPSA) is 72.9 Å². The first kappa shape index (κ1) is 13.6. The van der Waals surface area contributed by atoms with Crippen LogP contribution in [-0.2, 0) is 11.3 Å². The van der Waals surface area contributed by atoms with Gasteiger partial charge in [0.05, 0.1) is 12.2 Å². The van der Waals surface area contributed by atoms with Crippen molar-refractivity contribution in [3.05, 3.63) is 35.6 Å². The summed E-state index contributed by atoms with van der Waals surface area (Å²) in [6.07, 6.45) is 5.61. The number of nitrogens with two attached hydrogens (primary N) is 1. The molecular formula is C13H18N4OS. The van der Waals surface area contributed by atoms with E-state index in [4.69, 9.17) is 5.73 Å². The second kappa shape index (κ2) is 6.38. The molecule has 102 valence electrons. The molecule has 0 fully saturated rings. The SMILES string of the molecule is CCC[C@@H](C(=O)NCc1csc(N)n1)n1cccc1. The van der Waals surface area contributed by atoms with Gasteiger partial charge in [0.25, 0.3) is 0 Å². The minimum Gasteiger partial charge on any atom is -0.375 e. The van der Waals surface area contributed by atoms with Gasteiger partial charge in [0, 0.05) is 17.8 Å². The van der Waals surface area contributed by atoms with Crippen molar-refractivity contribution in [2.75, 3.05) is 5.73 Å². The van der Waals surface area contributed by atoms with Crippen LogP contribution in [0.25, 0.3) is 0 Å². The van der Waals surface area contributed by atoms with Gasteiger partial charge in [-0.25, -0.2) is 4.98 Å². The molecule has 3 N–H and O–H groups in total. The lowest BCUT2D eigenvalue weighted by Crippen LogP contribution is -2.31. The number of anilines is 1. The molecule has 19 heavy (non-hydrogen) atoms. The van der Waals surface area contributed by atoms with E-state index in [1.165, 1.54) is 11.3 Å². The van der Waals surface area contributed by atoms with Crippen LogP contribution in [-0.4, -0.2) is 15.5 Å². The molecule has 0 aromatic carbocycles. The Morgan fingerprint density at radius 2 is 2.26 bits per heavy atom. The van der Waals surface area contributed by atoms with Crippen LogP contribution >= 0.6 is 11.3 Å². The lowest BCUT2D eigenvalue weighted by Gasteiger charge is -2.17. The molecule has 1 atom stereocenters. The number of rotatable bonds is 6. The first-order valence-electron chi connectivity index (χ1n) is 6.30. The van der Waals surface area contributed by atoms with Crippen LogP contribution in [0.4, 0.5) is 5.13 Å². The highest BCUT2D eigenvalue weighted by Gasteiger charge is 2.18. The summed E-state index contributed by atoms with van der Waals surface area (Å²) in [5.74, 6) is 0.0182. The van der Waals surface area contributed by atoms with Crippen molar-refractivity contribution in [1.29, 1.82) is 0 Å². The number of carbonyl (C=O) groups excluding carboxylic acids is 1. The van der Waals surface area contributed by atoms with Crippen LogP contribution in [0.5, 0.6) is 0 Å². The summed E-state index contributed by atoms with van der Waals surface area (Å²) in [5, 5.41) is 5.30. The van der Waals surface area contributed by atoms with Gasteiger partial charge in [0.2, 0.25) is 5.91 Å². The Morgan fingerprint density at radius 3 is 2.84 bits per heavy atom. The first-order chi connectivity index (χ1) is 9.20. The van der Waals surface area contributed by atoms with Gasteiger partial charge in [-0.3, -0.25) is 4.79 Å². The Kier molecular flexibility index (Phi) is 4.57. The van der Waals surface area contributed by atoms with Crippen LogP contribution in [0.15, 0.2) is 29.9 Å². The highest BCUT2D eigenvalue weighted by Crippen LogP contribution is 2.15. The lowest BCUT2D eigenvalue weighted by molar-refractivity contribution is -0.124. The van der Waals surface area contributed by atoms with Gasteiger partial charge in [-0.1, -0.05) is 13.3 Å². The van der Waals surface area contributed by atoms with E-state index in [1.54, 1.807) is 0 Å². The Bertz CT molecular complexity index is 520. The molecule has 0 saturated carbocycles. The number of amides is 1. The van der Waals surface area contributed by atoms with Gasteiger partial charge in [-0.15, -0.1) is 11.3 Å². The molecule has 6 heteroatoms. The van der Waals surface area contributed by atoms with E-state index in [0.29, 0.717) is 11.7 Å². The molecule has 2 rings (SSSR count). The second-order valence-electron chi connectivity index (χ2n) is 4.33. The van der Waals surface area contributed by atoms with Crippen molar-refractivity contribution >= 4 is 22.4 Å². The third kappa shape index (κ3) is 3.57.